The van der Waals surface area contributed by atoms with Crippen LogP contribution < -0.4 is 4.90 Å². The first-order valence-corrected chi connectivity index (χ1v) is 6.93. The highest BCUT2D eigenvalue weighted by Crippen LogP contribution is 2.15. The lowest BCUT2D eigenvalue weighted by Crippen LogP contribution is -2.50. The maximum Gasteiger partial charge on any atom is 0.410 e. The molecule has 110 valence electrons. The van der Waals surface area contributed by atoms with Crippen LogP contribution in [0.1, 0.15) is 20.8 Å². The molecule has 1 aromatic heterocycles. The van der Waals surface area contributed by atoms with Gasteiger partial charge in [-0.2, -0.15) is 0 Å². The Kier molecular flexibility index (Phi) is 4.32. The molecular weight excluding hydrogens is 280 g/mol. The molecule has 0 bridgehead atoms. The number of halogens is 1. The number of carbonyl (C=O) groups is 1. The lowest BCUT2D eigenvalue weighted by Gasteiger charge is -2.35. The van der Waals surface area contributed by atoms with Crippen molar-refractivity contribution in [1.82, 2.24) is 14.9 Å². The van der Waals surface area contributed by atoms with Crippen molar-refractivity contribution in [3.05, 3.63) is 17.4 Å². The molecule has 1 saturated heterocycles. The zero-order chi connectivity index (χ0) is 14.8. The number of nitrogens with zero attached hydrogens (tertiary/aromatic N) is 4. The first-order chi connectivity index (χ1) is 9.35. The van der Waals surface area contributed by atoms with E-state index in [9.17, 15) is 4.79 Å². The second-order valence-electron chi connectivity index (χ2n) is 5.66. The van der Waals surface area contributed by atoms with Crippen molar-refractivity contribution in [2.45, 2.75) is 26.4 Å². The Morgan fingerprint density at radius 3 is 2.25 bits per heavy atom. The Morgan fingerprint density at radius 2 is 1.75 bits per heavy atom. The molecular formula is C13H19ClN4O2. The van der Waals surface area contributed by atoms with E-state index in [1.165, 1.54) is 0 Å². The average molecular weight is 299 g/mol. The second kappa shape index (κ2) is 5.83. The molecule has 0 saturated carbocycles. The average Bonchev–Trinajstić information content (AvgIpc) is 2.38. The molecule has 1 amide bonds. The minimum absolute atomic E-state index is 0.269. The van der Waals surface area contributed by atoms with E-state index < -0.39 is 5.60 Å². The summed E-state index contributed by atoms with van der Waals surface area (Å²) in [6.45, 7) is 8.15. The van der Waals surface area contributed by atoms with Gasteiger partial charge in [-0.05, 0) is 20.8 Å². The van der Waals surface area contributed by atoms with Crippen LogP contribution in [-0.2, 0) is 4.74 Å². The van der Waals surface area contributed by atoms with Gasteiger partial charge >= 0.3 is 6.09 Å². The predicted molar refractivity (Wildman–Crippen MR) is 77.1 cm³/mol. The van der Waals surface area contributed by atoms with Crippen LogP contribution in [0.25, 0.3) is 0 Å². The molecule has 1 aliphatic rings. The maximum atomic E-state index is 11.9. The molecule has 6 nitrogen and oxygen atoms in total. The largest absolute Gasteiger partial charge is 0.444 e. The van der Waals surface area contributed by atoms with E-state index in [0.717, 1.165) is 0 Å². The van der Waals surface area contributed by atoms with E-state index in [1.54, 1.807) is 17.3 Å². The van der Waals surface area contributed by atoms with E-state index in [2.05, 4.69) is 9.97 Å². The molecule has 20 heavy (non-hydrogen) atoms. The van der Waals surface area contributed by atoms with Gasteiger partial charge in [0, 0.05) is 26.2 Å². The van der Waals surface area contributed by atoms with Gasteiger partial charge in [0.15, 0.2) is 0 Å². The molecule has 1 fully saturated rings. The van der Waals surface area contributed by atoms with Crippen LogP contribution in [0.3, 0.4) is 0 Å². The van der Waals surface area contributed by atoms with Gasteiger partial charge in [0.1, 0.15) is 5.60 Å². The van der Waals surface area contributed by atoms with Crippen molar-refractivity contribution in [2.75, 3.05) is 31.1 Å². The van der Waals surface area contributed by atoms with Crippen molar-refractivity contribution in [3.63, 3.8) is 0 Å². The van der Waals surface area contributed by atoms with E-state index in [1.807, 2.05) is 25.7 Å². The number of rotatable bonds is 1. The molecule has 0 unspecified atom stereocenters. The van der Waals surface area contributed by atoms with E-state index in [4.69, 9.17) is 16.3 Å². The Labute approximate surface area is 123 Å². The predicted octanol–water partition coefficient (Wildman–Crippen LogP) is 2.19. The number of carbonyl (C=O) groups excluding carboxylic acids is 1. The van der Waals surface area contributed by atoms with Crippen molar-refractivity contribution < 1.29 is 9.53 Å². The zero-order valence-corrected chi connectivity index (χ0v) is 12.7. The summed E-state index contributed by atoms with van der Waals surface area (Å²) in [5, 5.41) is 0.515. The van der Waals surface area contributed by atoms with Crippen LogP contribution >= 0.6 is 11.6 Å². The van der Waals surface area contributed by atoms with Crippen LogP contribution in [0.4, 0.5) is 10.7 Å². The molecule has 0 spiro atoms. The fourth-order valence-corrected chi connectivity index (χ4v) is 1.98. The number of amides is 1. The van der Waals surface area contributed by atoms with Crippen LogP contribution in [0.15, 0.2) is 12.4 Å². The number of piperazine rings is 1. The first-order valence-electron chi connectivity index (χ1n) is 6.55. The van der Waals surface area contributed by atoms with E-state index >= 15 is 0 Å². The van der Waals surface area contributed by atoms with Gasteiger partial charge in [0.25, 0.3) is 0 Å². The molecule has 0 aliphatic carbocycles. The quantitative estimate of drug-likeness (QED) is 0.795. The molecule has 2 rings (SSSR count). The van der Waals surface area contributed by atoms with Crippen LogP contribution in [0.5, 0.6) is 0 Å². The summed E-state index contributed by atoms with van der Waals surface area (Å²) in [4.78, 5) is 24.0. The van der Waals surface area contributed by atoms with Crippen LogP contribution in [0.2, 0.25) is 5.02 Å². The fourth-order valence-electron chi connectivity index (χ4n) is 1.88. The zero-order valence-electron chi connectivity index (χ0n) is 12.0. The minimum Gasteiger partial charge on any atom is -0.444 e. The van der Waals surface area contributed by atoms with Gasteiger partial charge in [0.05, 0.1) is 17.4 Å². The number of anilines is 1. The molecule has 7 heteroatoms. The molecule has 2 heterocycles. The summed E-state index contributed by atoms with van der Waals surface area (Å²) in [5.41, 5.74) is -0.465. The SMILES string of the molecule is CC(C)(C)OC(=O)N1CCN(c2ncc(Cl)cn2)CC1. The molecule has 0 atom stereocenters. The molecule has 0 radical (unpaired) electrons. The summed E-state index contributed by atoms with van der Waals surface area (Å²) in [5.74, 6) is 0.637. The maximum absolute atomic E-state index is 11.9. The van der Waals surface area contributed by atoms with Gasteiger partial charge in [0.2, 0.25) is 5.95 Å². The summed E-state index contributed by atoms with van der Waals surface area (Å²) in [6.07, 6.45) is 2.88. The summed E-state index contributed by atoms with van der Waals surface area (Å²) in [6, 6.07) is 0. The lowest BCUT2D eigenvalue weighted by atomic mass is 10.2. The van der Waals surface area contributed by atoms with Gasteiger partial charge in [-0.3, -0.25) is 0 Å². The fraction of sp³-hybridized carbons (Fsp3) is 0.615. The second-order valence-corrected chi connectivity index (χ2v) is 6.09. The number of hydrogen-bond acceptors (Lipinski definition) is 5. The Bertz CT molecular complexity index is 464. The van der Waals surface area contributed by atoms with Crippen molar-refractivity contribution in [2.24, 2.45) is 0 Å². The van der Waals surface area contributed by atoms with E-state index in [0.29, 0.717) is 37.1 Å². The summed E-state index contributed by atoms with van der Waals surface area (Å²) in [7, 11) is 0. The molecule has 1 aromatic rings. The van der Waals surface area contributed by atoms with E-state index in [-0.39, 0.29) is 6.09 Å². The number of ether oxygens (including phenoxy) is 1. The lowest BCUT2D eigenvalue weighted by molar-refractivity contribution is 0.0240. The van der Waals surface area contributed by atoms with Crippen molar-refractivity contribution in [3.8, 4) is 0 Å². The standard InChI is InChI=1S/C13H19ClN4O2/c1-13(2,3)20-12(19)18-6-4-17(5-7-18)11-15-8-10(14)9-16-11/h8-9H,4-7H2,1-3H3. The Hall–Kier alpha value is -1.56. The summed E-state index contributed by atoms with van der Waals surface area (Å²) < 4.78 is 5.35. The van der Waals surface area contributed by atoms with Gasteiger partial charge in [-0.15, -0.1) is 0 Å². The third-order valence-electron chi connectivity index (χ3n) is 2.82. The number of hydrogen-bond donors (Lipinski definition) is 0. The topological polar surface area (TPSA) is 58.6 Å². The third-order valence-corrected chi connectivity index (χ3v) is 3.02. The third kappa shape index (κ3) is 3.96. The highest BCUT2D eigenvalue weighted by Gasteiger charge is 2.26. The van der Waals surface area contributed by atoms with Crippen LogP contribution in [0, 0.1) is 0 Å². The smallest absolute Gasteiger partial charge is 0.410 e. The molecule has 0 aromatic carbocycles. The van der Waals surface area contributed by atoms with Crippen molar-refractivity contribution >= 4 is 23.6 Å². The molecule has 0 N–H and O–H groups in total. The van der Waals surface area contributed by atoms with Gasteiger partial charge < -0.3 is 14.5 Å². The monoisotopic (exact) mass is 298 g/mol. The normalized spacial score (nSPS) is 16.2. The highest BCUT2D eigenvalue weighted by molar-refractivity contribution is 6.30. The summed E-state index contributed by atoms with van der Waals surface area (Å²) >= 11 is 5.76. The van der Waals surface area contributed by atoms with Crippen LogP contribution in [-0.4, -0.2) is 52.7 Å². The van der Waals surface area contributed by atoms with Gasteiger partial charge in [-0.1, -0.05) is 11.6 Å². The molecule has 1 aliphatic heterocycles. The highest BCUT2D eigenvalue weighted by atomic mass is 35.5. The Balaban J connectivity index is 1.89. The van der Waals surface area contributed by atoms with Gasteiger partial charge in [-0.25, -0.2) is 14.8 Å². The number of aromatic nitrogens is 2. The minimum atomic E-state index is -0.465. The Morgan fingerprint density at radius 1 is 1.20 bits per heavy atom. The first kappa shape index (κ1) is 14.8. The van der Waals surface area contributed by atoms with Crippen molar-refractivity contribution in [1.29, 1.82) is 0 Å².